The second kappa shape index (κ2) is 8.10. The van der Waals surface area contributed by atoms with Gasteiger partial charge in [-0.05, 0) is 42.8 Å². The van der Waals surface area contributed by atoms with Gasteiger partial charge >= 0.3 is 6.18 Å². The normalized spacial score (nSPS) is 16.9. The molecule has 0 amide bonds. The molecular formula is C20H20F3N5O. The number of nitrogens with one attached hydrogen (secondary N) is 1. The zero-order valence-electron chi connectivity index (χ0n) is 15.6. The van der Waals surface area contributed by atoms with E-state index in [0.29, 0.717) is 24.7 Å². The quantitative estimate of drug-likeness (QED) is 0.678. The number of ether oxygens (including phenoxy) is 1. The number of hydrogen-bond donors (Lipinski definition) is 1. The summed E-state index contributed by atoms with van der Waals surface area (Å²) in [5, 5.41) is 7.44. The number of aromatic nitrogens is 4. The van der Waals surface area contributed by atoms with Gasteiger partial charge in [0.1, 0.15) is 5.75 Å². The maximum Gasteiger partial charge on any atom is 0.416 e. The molecule has 0 radical (unpaired) electrons. The fourth-order valence-electron chi connectivity index (χ4n) is 3.37. The van der Waals surface area contributed by atoms with Gasteiger partial charge < -0.3 is 9.64 Å². The van der Waals surface area contributed by atoms with Crippen LogP contribution in [0.15, 0.2) is 48.8 Å². The van der Waals surface area contributed by atoms with Crippen LogP contribution in [0.3, 0.4) is 0 Å². The Bertz CT molecular complexity index is 927. The SMILES string of the molecule is FC(F)(F)c1ccc(OCCc2cc(C3CCN(c4ncccn4)C3)n[nH]2)cc1. The number of benzene rings is 1. The molecule has 0 spiro atoms. The molecule has 0 bridgehead atoms. The van der Waals surface area contributed by atoms with Gasteiger partial charge in [-0.3, -0.25) is 5.10 Å². The Balaban J connectivity index is 1.28. The first kappa shape index (κ1) is 19.2. The van der Waals surface area contributed by atoms with Crippen LogP contribution < -0.4 is 9.64 Å². The number of H-pyrrole nitrogens is 1. The van der Waals surface area contributed by atoms with Crippen LogP contribution in [0, 0.1) is 0 Å². The summed E-state index contributed by atoms with van der Waals surface area (Å²) in [5.74, 6) is 1.45. The molecule has 1 unspecified atom stereocenters. The zero-order valence-corrected chi connectivity index (χ0v) is 15.6. The first-order valence-corrected chi connectivity index (χ1v) is 9.35. The summed E-state index contributed by atoms with van der Waals surface area (Å²) in [6, 6.07) is 8.53. The minimum absolute atomic E-state index is 0.305. The van der Waals surface area contributed by atoms with E-state index in [9.17, 15) is 13.2 Å². The number of aromatic amines is 1. The molecule has 6 nitrogen and oxygen atoms in total. The molecule has 0 aliphatic carbocycles. The van der Waals surface area contributed by atoms with Crippen molar-refractivity contribution in [2.24, 2.45) is 0 Å². The van der Waals surface area contributed by atoms with E-state index in [1.165, 1.54) is 12.1 Å². The van der Waals surface area contributed by atoms with Gasteiger partial charge in [0.15, 0.2) is 0 Å². The first-order valence-electron chi connectivity index (χ1n) is 9.35. The molecule has 2 aromatic heterocycles. The van der Waals surface area contributed by atoms with Crippen LogP contribution in [0.2, 0.25) is 0 Å². The van der Waals surface area contributed by atoms with E-state index in [0.717, 1.165) is 49.0 Å². The van der Waals surface area contributed by atoms with Gasteiger partial charge in [-0.25, -0.2) is 9.97 Å². The topological polar surface area (TPSA) is 66.9 Å². The number of nitrogens with zero attached hydrogens (tertiary/aromatic N) is 4. The van der Waals surface area contributed by atoms with Crippen LogP contribution in [-0.2, 0) is 12.6 Å². The summed E-state index contributed by atoms with van der Waals surface area (Å²) in [4.78, 5) is 10.7. The third-order valence-electron chi connectivity index (χ3n) is 4.91. The maximum atomic E-state index is 12.6. The van der Waals surface area contributed by atoms with Crippen molar-refractivity contribution in [3.63, 3.8) is 0 Å². The predicted molar refractivity (Wildman–Crippen MR) is 101 cm³/mol. The Morgan fingerprint density at radius 2 is 1.90 bits per heavy atom. The second-order valence-corrected chi connectivity index (χ2v) is 6.92. The molecule has 0 saturated carbocycles. The monoisotopic (exact) mass is 403 g/mol. The van der Waals surface area contributed by atoms with Gasteiger partial charge in [0, 0.05) is 43.5 Å². The fourth-order valence-corrected chi connectivity index (χ4v) is 3.37. The molecule has 1 aliphatic rings. The lowest BCUT2D eigenvalue weighted by molar-refractivity contribution is -0.137. The van der Waals surface area contributed by atoms with Gasteiger partial charge in [-0.15, -0.1) is 0 Å². The molecule has 1 N–H and O–H groups in total. The van der Waals surface area contributed by atoms with Gasteiger partial charge in [0.05, 0.1) is 17.9 Å². The van der Waals surface area contributed by atoms with E-state index in [-0.39, 0.29) is 0 Å². The Morgan fingerprint density at radius 3 is 2.62 bits per heavy atom. The van der Waals surface area contributed by atoms with Crippen LogP contribution in [0.25, 0.3) is 0 Å². The number of anilines is 1. The Kier molecular flexibility index (Phi) is 5.37. The lowest BCUT2D eigenvalue weighted by Gasteiger charge is -2.14. The molecule has 1 saturated heterocycles. The Labute approximate surface area is 165 Å². The lowest BCUT2D eigenvalue weighted by Crippen LogP contribution is -2.21. The summed E-state index contributed by atoms with van der Waals surface area (Å²) >= 11 is 0. The average Bonchev–Trinajstić information content (AvgIpc) is 3.38. The zero-order chi connectivity index (χ0) is 20.3. The van der Waals surface area contributed by atoms with Crippen LogP contribution in [-0.4, -0.2) is 39.9 Å². The van der Waals surface area contributed by atoms with E-state index in [1.807, 2.05) is 6.07 Å². The molecule has 3 heterocycles. The highest BCUT2D eigenvalue weighted by atomic mass is 19.4. The maximum absolute atomic E-state index is 12.6. The smallest absolute Gasteiger partial charge is 0.416 e. The summed E-state index contributed by atoms with van der Waals surface area (Å²) in [5.41, 5.74) is 1.24. The van der Waals surface area contributed by atoms with Gasteiger partial charge in [-0.2, -0.15) is 18.3 Å². The number of alkyl halides is 3. The van der Waals surface area contributed by atoms with E-state index in [4.69, 9.17) is 4.74 Å². The minimum atomic E-state index is -4.34. The standard InChI is InChI=1S/C20H20F3N5O/c21-20(22,23)15-2-4-17(5-3-15)29-11-7-16-12-18(27-26-16)14-6-10-28(13-14)19-24-8-1-9-25-19/h1-5,8-9,12,14H,6-7,10-11,13H2,(H,26,27). The summed E-state index contributed by atoms with van der Waals surface area (Å²) < 4.78 is 43.3. The summed E-state index contributed by atoms with van der Waals surface area (Å²) in [7, 11) is 0. The first-order chi connectivity index (χ1) is 14.0. The molecular weight excluding hydrogens is 383 g/mol. The molecule has 1 aromatic carbocycles. The van der Waals surface area contributed by atoms with Crippen molar-refractivity contribution in [3.8, 4) is 5.75 Å². The van der Waals surface area contributed by atoms with Gasteiger partial charge in [-0.1, -0.05) is 0 Å². The third-order valence-corrected chi connectivity index (χ3v) is 4.91. The fraction of sp³-hybridized carbons (Fsp3) is 0.350. The van der Waals surface area contributed by atoms with Crippen LogP contribution >= 0.6 is 0 Å². The van der Waals surface area contributed by atoms with E-state index in [1.54, 1.807) is 18.5 Å². The van der Waals surface area contributed by atoms with Crippen LogP contribution in [0.1, 0.15) is 29.3 Å². The van der Waals surface area contributed by atoms with Gasteiger partial charge in [0.25, 0.3) is 0 Å². The lowest BCUT2D eigenvalue weighted by atomic mass is 10.0. The molecule has 29 heavy (non-hydrogen) atoms. The van der Waals surface area contributed by atoms with E-state index in [2.05, 4.69) is 25.1 Å². The van der Waals surface area contributed by atoms with Crippen molar-refractivity contribution in [1.29, 1.82) is 0 Å². The predicted octanol–water partition coefficient (Wildman–Crippen LogP) is 3.83. The van der Waals surface area contributed by atoms with Crippen molar-refractivity contribution in [1.82, 2.24) is 20.2 Å². The molecule has 4 rings (SSSR count). The van der Waals surface area contributed by atoms with E-state index >= 15 is 0 Å². The summed E-state index contributed by atoms with van der Waals surface area (Å²) in [6.07, 6.45) is 0.697. The van der Waals surface area contributed by atoms with E-state index < -0.39 is 11.7 Å². The molecule has 1 aliphatic heterocycles. The number of hydrogen-bond acceptors (Lipinski definition) is 5. The highest BCUT2D eigenvalue weighted by Crippen LogP contribution is 2.30. The minimum Gasteiger partial charge on any atom is -0.493 e. The molecule has 1 atom stereocenters. The summed E-state index contributed by atoms with van der Waals surface area (Å²) in [6.45, 7) is 2.05. The van der Waals surface area contributed by atoms with Crippen molar-refractivity contribution < 1.29 is 17.9 Å². The number of halogens is 3. The highest BCUT2D eigenvalue weighted by molar-refractivity contribution is 5.33. The van der Waals surface area contributed by atoms with Crippen LogP contribution in [0.4, 0.5) is 19.1 Å². The highest BCUT2D eigenvalue weighted by Gasteiger charge is 2.30. The van der Waals surface area contributed by atoms with Crippen molar-refractivity contribution >= 4 is 5.95 Å². The molecule has 152 valence electrons. The third kappa shape index (κ3) is 4.67. The largest absolute Gasteiger partial charge is 0.493 e. The van der Waals surface area contributed by atoms with Crippen molar-refractivity contribution in [2.75, 3.05) is 24.6 Å². The Morgan fingerprint density at radius 1 is 1.14 bits per heavy atom. The second-order valence-electron chi connectivity index (χ2n) is 6.92. The molecule has 3 aromatic rings. The Hall–Kier alpha value is -3.10. The molecule has 9 heteroatoms. The van der Waals surface area contributed by atoms with Crippen LogP contribution in [0.5, 0.6) is 5.75 Å². The van der Waals surface area contributed by atoms with Gasteiger partial charge in [0.2, 0.25) is 5.95 Å². The van der Waals surface area contributed by atoms with Crippen molar-refractivity contribution in [3.05, 3.63) is 65.7 Å². The van der Waals surface area contributed by atoms with Crippen molar-refractivity contribution in [2.45, 2.75) is 24.9 Å². The molecule has 1 fully saturated rings. The average molecular weight is 403 g/mol. The number of rotatable bonds is 6.